The number of nitrogens with two attached hydrogens (primary N) is 1. The number of para-hydroxylation sites is 1. The zero-order valence-electron chi connectivity index (χ0n) is 9.34. The van der Waals surface area contributed by atoms with Crippen molar-refractivity contribution in [1.82, 2.24) is 0 Å². The first-order valence-corrected chi connectivity index (χ1v) is 4.83. The molecule has 94 valence electrons. The van der Waals surface area contributed by atoms with Gasteiger partial charge in [0.1, 0.15) is 5.75 Å². The SMILES string of the molecule is COc1c(C(=O)C(C)N)cccc1C(F)(F)F. The molecule has 0 heterocycles. The van der Waals surface area contributed by atoms with Gasteiger partial charge in [-0.3, -0.25) is 4.79 Å². The molecule has 3 nitrogen and oxygen atoms in total. The standard InChI is InChI=1S/C11H12F3NO2/c1-6(15)9(16)7-4-3-5-8(10(7)17-2)11(12,13)14/h3-6H,15H2,1-2H3. The normalized spacial score (nSPS) is 13.3. The highest BCUT2D eigenvalue weighted by molar-refractivity contribution is 6.02. The van der Waals surface area contributed by atoms with Gasteiger partial charge in [-0.1, -0.05) is 6.07 Å². The minimum Gasteiger partial charge on any atom is -0.495 e. The van der Waals surface area contributed by atoms with Gasteiger partial charge in [0.2, 0.25) is 0 Å². The van der Waals surface area contributed by atoms with E-state index >= 15 is 0 Å². The van der Waals surface area contributed by atoms with Crippen LogP contribution in [0.25, 0.3) is 0 Å². The number of hydrogen-bond donors (Lipinski definition) is 1. The molecule has 1 aromatic rings. The van der Waals surface area contributed by atoms with E-state index in [0.717, 1.165) is 19.2 Å². The summed E-state index contributed by atoms with van der Waals surface area (Å²) in [5, 5.41) is 0. The lowest BCUT2D eigenvalue weighted by Gasteiger charge is -2.15. The largest absolute Gasteiger partial charge is 0.495 e. The highest BCUT2D eigenvalue weighted by atomic mass is 19.4. The summed E-state index contributed by atoms with van der Waals surface area (Å²) in [7, 11) is 1.09. The number of methoxy groups -OCH3 is 1. The highest BCUT2D eigenvalue weighted by Gasteiger charge is 2.36. The van der Waals surface area contributed by atoms with E-state index in [-0.39, 0.29) is 5.56 Å². The Morgan fingerprint density at radius 2 is 2.00 bits per heavy atom. The zero-order valence-corrected chi connectivity index (χ0v) is 9.34. The Hall–Kier alpha value is -1.56. The molecule has 2 N–H and O–H groups in total. The van der Waals surface area contributed by atoms with Crippen LogP contribution in [0.5, 0.6) is 5.75 Å². The third-order valence-corrected chi connectivity index (χ3v) is 2.20. The van der Waals surface area contributed by atoms with Crippen molar-refractivity contribution in [2.24, 2.45) is 5.73 Å². The Balaban J connectivity index is 3.39. The van der Waals surface area contributed by atoms with E-state index in [9.17, 15) is 18.0 Å². The maximum absolute atomic E-state index is 12.7. The molecule has 0 aromatic heterocycles. The first kappa shape index (κ1) is 13.5. The molecule has 0 fully saturated rings. The monoisotopic (exact) mass is 247 g/mol. The van der Waals surface area contributed by atoms with E-state index in [1.54, 1.807) is 0 Å². The fourth-order valence-electron chi connectivity index (χ4n) is 1.42. The third-order valence-electron chi connectivity index (χ3n) is 2.20. The summed E-state index contributed by atoms with van der Waals surface area (Å²) in [5.41, 5.74) is 4.23. The Kier molecular flexibility index (Phi) is 3.77. The van der Waals surface area contributed by atoms with Gasteiger partial charge in [0.15, 0.2) is 5.78 Å². The van der Waals surface area contributed by atoms with Crippen LogP contribution < -0.4 is 10.5 Å². The lowest BCUT2D eigenvalue weighted by molar-refractivity contribution is -0.138. The van der Waals surface area contributed by atoms with Crippen molar-refractivity contribution >= 4 is 5.78 Å². The molecule has 0 aliphatic heterocycles. The molecular formula is C11H12F3NO2. The Morgan fingerprint density at radius 3 is 2.41 bits per heavy atom. The van der Waals surface area contributed by atoms with Crippen molar-refractivity contribution in [3.63, 3.8) is 0 Å². The number of ether oxygens (including phenoxy) is 1. The fourth-order valence-corrected chi connectivity index (χ4v) is 1.42. The van der Waals surface area contributed by atoms with E-state index in [1.165, 1.54) is 13.0 Å². The van der Waals surface area contributed by atoms with Crippen molar-refractivity contribution in [2.45, 2.75) is 19.1 Å². The highest BCUT2D eigenvalue weighted by Crippen LogP contribution is 2.38. The molecule has 17 heavy (non-hydrogen) atoms. The molecule has 0 saturated heterocycles. The Bertz CT molecular complexity index is 427. The smallest absolute Gasteiger partial charge is 0.419 e. The molecule has 0 amide bonds. The topological polar surface area (TPSA) is 52.3 Å². The quantitative estimate of drug-likeness (QED) is 0.833. The molecular weight excluding hydrogens is 235 g/mol. The molecule has 1 unspecified atom stereocenters. The number of ketones is 1. The fraction of sp³-hybridized carbons (Fsp3) is 0.364. The summed E-state index contributed by atoms with van der Waals surface area (Å²) in [5.74, 6) is -1.07. The number of alkyl halides is 3. The van der Waals surface area contributed by atoms with E-state index in [0.29, 0.717) is 0 Å². The number of carbonyl (C=O) groups is 1. The molecule has 0 bridgehead atoms. The number of halogens is 3. The van der Waals surface area contributed by atoms with Gasteiger partial charge in [0, 0.05) is 0 Å². The number of Topliss-reactive ketones (excluding diaryl/α,β-unsaturated/α-hetero) is 1. The van der Waals surface area contributed by atoms with Crippen LogP contribution >= 0.6 is 0 Å². The van der Waals surface area contributed by atoms with Crippen LogP contribution in [-0.2, 0) is 6.18 Å². The van der Waals surface area contributed by atoms with Crippen LogP contribution in [-0.4, -0.2) is 18.9 Å². The van der Waals surface area contributed by atoms with Crippen LogP contribution in [0.3, 0.4) is 0 Å². The molecule has 6 heteroatoms. The van der Waals surface area contributed by atoms with Gasteiger partial charge < -0.3 is 10.5 Å². The second kappa shape index (κ2) is 4.75. The minimum absolute atomic E-state index is 0.155. The van der Waals surface area contributed by atoms with E-state index < -0.39 is 29.3 Å². The molecule has 0 aliphatic carbocycles. The first-order valence-electron chi connectivity index (χ1n) is 4.83. The second-order valence-electron chi connectivity index (χ2n) is 3.54. The van der Waals surface area contributed by atoms with Crippen molar-refractivity contribution in [1.29, 1.82) is 0 Å². The molecule has 1 aromatic carbocycles. The molecule has 1 rings (SSSR count). The Morgan fingerprint density at radius 1 is 1.41 bits per heavy atom. The summed E-state index contributed by atoms with van der Waals surface area (Å²) in [6, 6.07) is 2.39. The molecule has 0 aliphatic rings. The van der Waals surface area contributed by atoms with Gasteiger partial charge in [-0.25, -0.2) is 0 Å². The number of carbonyl (C=O) groups excluding carboxylic acids is 1. The van der Waals surface area contributed by atoms with Gasteiger partial charge >= 0.3 is 6.18 Å². The number of hydrogen-bond acceptors (Lipinski definition) is 3. The number of rotatable bonds is 3. The summed E-state index contributed by atoms with van der Waals surface area (Å²) in [6.07, 6.45) is -4.57. The molecule has 0 saturated carbocycles. The lowest BCUT2D eigenvalue weighted by atomic mass is 10.0. The van der Waals surface area contributed by atoms with Crippen molar-refractivity contribution in [2.75, 3.05) is 7.11 Å². The van der Waals surface area contributed by atoms with Crippen LogP contribution in [0.1, 0.15) is 22.8 Å². The lowest BCUT2D eigenvalue weighted by Crippen LogP contribution is -2.27. The predicted molar refractivity (Wildman–Crippen MR) is 56.0 cm³/mol. The van der Waals surface area contributed by atoms with Gasteiger partial charge in [-0.2, -0.15) is 13.2 Å². The summed E-state index contributed by atoms with van der Waals surface area (Å²) >= 11 is 0. The predicted octanol–water partition coefficient (Wildman–Crippen LogP) is 2.24. The van der Waals surface area contributed by atoms with Crippen LogP contribution in [0.4, 0.5) is 13.2 Å². The first-order chi connectivity index (χ1) is 7.79. The van der Waals surface area contributed by atoms with E-state index in [2.05, 4.69) is 4.74 Å². The van der Waals surface area contributed by atoms with Crippen LogP contribution in [0.15, 0.2) is 18.2 Å². The van der Waals surface area contributed by atoms with Gasteiger partial charge in [0.25, 0.3) is 0 Å². The summed E-state index contributed by atoms with van der Waals surface area (Å²) < 4.78 is 42.6. The second-order valence-corrected chi connectivity index (χ2v) is 3.54. The van der Waals surface area contributed by atoms with Gasteiger partial charge in [-0.05, 0) is 19.1 Å². The van der Waals surface area contributed by atoms with Gasteiger partial charge in [-0.15, -0.1) is 0 Å². The minimum atomic E-state index is -4.57. The molecule has 0 radical (unpaired) electrons. The average Bonchev–Trinajstić information content (AvgIpc) is 2.25. The van der Waals surface area contributed by atoms with E-state index in [1.807, 2.05) is 0 Å². The summed E-state index contributed by atoms with van der Waals surface area (Å²) in [4.78, 5) is 11.6. The Labute approximate surface area is 96.4 Å². The number of benzene rings is 1. The van der Waals surface area contributed by atoms with Crippen LogP contribution in [0, 0.1) is 0 Å². The van der Waals surface area contributed by atoms with Crippen molar-refractivity contribution in [3.05, 3.63) is 29.3 Å². The van der Waals surface area contributed by atoms with Crippen molar-refractivity contribution in [3.8, 4) is 5.75 Å². The van der Waals surface area contributed by atoms with Gasteiger partial charge in [0.05, 0.1) is 24.3 Å². The molecule has 1 atom stereocenters. The average molecular weight is 247 g/mol. The van der Waals surface area contributed by atoms with E-state index in [4.69, 9.17) is 5.73 Å². The van der Waals surface area contributed by atoms with Crippen molar-refractivity contribution < 1.29 is 22.7 Å². The maximum atomic E-state index is 12.7. The molecule has 0 spiro atoms. The zero-order chi connectivity index (χ0) is 13.2. The third kappa shape index (κ3) is 2.76. The van der Waals surface area contributed by atoms with Crippen LogP contribution in [0.2, 0.25) is 0 Å². The summed E-state index contributed by atoms with van der Waals surface area (Å²) in [6.45, 7) is 1.40. The maximum Gasteiger partial charge on any atom is 0.419 e.